The number of benzene rings is 1. The monoisotopic (exact) mass is 274 g/mol. The van der Waals surface area contributed by atoms with Crippen LogP contribution in [-0.4, -0.2) is 18.2 Å². The van der Waals surface area contributed by atoms with Gasteiger partial charge in [0.1, 0.15) is 0 Å². The van der Waals surface area contributed by atoms with Crippen LogP contribution in [0.15, 0.2) is 18.2 Å². The Balaban J connectivity index is 3.15. The number of aliphatic hydroxyl groups excluding tert-OH is 1. The zero-order chi connectivity index (χ0) is 15.1. The second kappa shape index (κ2) is 7.91. The Morgan fingerprint density at radius 2 is 1.90 bits per heavy atom. The van der Waals surface area contributed by atoms with Crippen molar-refractivity contribution in [3.8, 4) is 6.07 Å². The van der Waals surface area contributed by atoms with Gasteiger partial charge in [-0.15, -0.1) is 0 Å². The summed E-state index contributed by atoms with van der Waals surface area (Å²) in [4.78, 5) is 2.28. The van der Waals surface area contributed by atoms with Crippen molar-refractivity contribution in [1.82, 2.24) is 0 Å². The first kappa shape index (κ1) is 16.5. The summed E-state index contributed by atoms with van der Waals surface area (Å²) in [6.07, 6.45) is 1.78. The zero-order valence-electron chi connectivity index (χ0n) is 13.1. The number of rotatable bonds is 7. The molecule has 0 saturated heterocycles. The SMILES string of the molecule is CCC(CC)CN(CC)c1cc(C#N)ccc1[C@@H](C)O. The molecule has 110 valence electrons. The van der Waals surface area contributed by atoms with Crippen LogP contribution in [0, 0.1) is 17.2 Å². The Hall–Kier alpha value is -1.53. The highest BCUT2D eigenvalue weighted by Crippen LogP contribution is 2.29. The van der Waals surface area contributed by atoms with Crippen LogP contribution in [0.4, 0.5) is 5.69 Å². The predicted octanol–water partition coefficient (Wildman–Crippen LogP) is 3.87. The molecule has 0 aliphatic heterocycles. The lowest BCUT2D eigenvalue weighted by atomic mass is 10.00. The highest BCUT2D eigenvalue weighted by molar-refractivity contribution is 5.58. The van der Waals surface area contributed by atoms with Crippen LogP contribution in [0.25, 0.3) is 0 Å². The average Bonchev–Trinajstić information content (AvgIpc) is 2.48. The van der Waals surface area contributed by atoms with E-state index in [9.17, 15) is 5.11 Å². The van der Waals surface area contributed by atoms with E-state index >= 15 is 0 Å². The van der Waals surface area contributed by atoms with Crippen molar-refractivity contribution in [2.24, 2.45) is 5.92 Å². The Morgan fingerprint density at radius 1 is 1.25 bits per heavy atom. The van der Waals surface area contributed by atoms with Gasteiger partial charge in [0.05, 0.1) is 17.7 Å². The van der Waals surface area contributed by atoms with E-state index in [0.29, 0.717) is 11.5 Å². The fraction of sp³-hybridized carbons (Fsp3) is 0.588. The maximum atomic E-state index is 9.95. The number of nitriles is 1. The molecule has 0 radical (unpaired) electrons. The maximum Gasteiger partial charge on any atom is 0.0992 e. The van der Waals surface area contributed by atoms with E-state index in [0.717, 1.165) is 37.2 Å². The summed E-state index contributed by atoms with van der Waals surface area (Å²) in [6, 6.07) is 7.73. The van der Waals surface area contributed by atoms with Crippen molar-refractivity contribution >= 4 is 5.69 Å². The molecule has 0 unspecified atom stereocenters. The lowest BCUT2D eigenvalue weighted by Crippen LogP contribution is -2.30. The van der Waals surface area contributed by atoms with E-state index in [1.807, 2.05) is 12.1 Å². The van der Waals surface area contributed by atoms with Crippen molar-refractivity contribution in [2.75, 3.05) is 18.0 Å². The van der Waals surface area contributed by atoms with Gasteiger partial charge in [-0.3, -0.25) is 0 Å². The van der Waals surface area contributed by atoms with E-state index in [4.69, 9.17) is 5.26 Å². The topological polar surface area (TPSA) is 47.3 Å². The second-order valence-corrected chi connectivity index (χ2v) is 5.28. The van der Waals surface area contributed by atoms with Crippen LogP contribution >= 0.6 is 0 Å². The Kier molecular flexibility index (Phi) is 6.54. The van der Waals surface area contributed by atoms with Gasteiger partial charge in [0, 0.05) is 24.3 Å². The Labute approximate surface area is 122 Å². The summed E-state index contributed by atoms with van der Waals surface area (Å²) in [7, 11) is 0. The van der Waals surface area contributed by atoms with Gasteiger partial charge in [0.2, 0.25) is 0 Å². The van der Waals surface area contributed by atoms with Crippen LogP contribution in [0.5, 0.6) is 0 Å². The van der Waals surface area contributed by atoms with Gasteiger partial charge in [-0.25, -0.2) is 0 Å². The molecule has 3 nitrogen and oxygen atoms in total. The van der Waals surface area contributed by atoms with Crippen LogP contribution in [0.2, 0.25) is 0 Å². The minimum atomic E-state index is -0.520. The summed E-state index contributed by atoms with van der Waals surface area (Å²) in [6.45, 7) is 10.2. The lowest BCUT2D eigenvalue weighted by Gasteiger charge is -2.30. The number of anilines is 1. The number of hydrogen-bond acceptors (Lipinski definition) is 3. The standard InChI is InChI=1S/C17H26N2O/c1-5-14(6-2)12-19(7-3)17-10-15(11-18)8-9-16(17)13(4)20/h8-10,13-14,20H,5-7,12H2,1-4H3/t13-/m1/s1. The highest BCUT2D eigenvalue weighted by atomic mass is 16.3. The molecule has 0 amide bonds. The number of nitrogens with zero attached hydrogens (tertiary/aromatic N) is 2. The normalized spacial score (nSPS) is 12.2. The summed E-state index contributed by atoms with van der Waals surface area (Å²) in [5, 5.41) is 19.0. The molecule has 1 atom stereocenters. The van der Waals surface area contributed by atoms with Crippen LogP contribution < -0.4 is 4.90 Å². The van der Waals surface area contributed by atoms with Crippen molar-refractivity contribution in [3.05, 3.63) is 29.3 Å². The van der Waals surface area contributed by atoms with Crippen molar-refractivity contribution in [3.63, 3.8) is 0 Å². The van der Waals surface area contributed by atoms with Gasteiger partial charge in [-0.05, 0) is 31.9 Å². The van der Waals surface area contributed by atoms with Crippen LogP contribution in [-0.2, 0) is 0 Å². The smallest absolute Gasteiger partial charge is 0.0992 e. The van der Waals surface area contributed by atoms with Gasteiger partial charge in [-0.2, -0.15) is 5.26 Å². The molecule has 0 aliphatic rings. The fourth-order valence-electron chi connectivity index (χ4n) is 2.50. The van der Waals surface area contributed by atoms with Crippen LogP contribution in [0.3, 0.4) is 0 Å². The molecule has 0 aromatic heterocycles. The first-order valence-electron chi connectivity index (χ1n) is 7.54. The third kappa shape index (κ3) is 3.98. The molecular weight excluding hydrogens is 248 g/mol. The molecule has 1 aromatic rings. The van der Waals surface area contributed by atoms with E-state index in [1.165, 1.54) is 0 Å². The Morgan fingerprint density at radius 3 is 2.35 bits per heavy atom. The average molecular weight is 274 g/mol. The molecule has 1 N–H and O–H groups in total. The summed E-state index contributed by atoms with van der Waals surface area (Å²) in [5.41, 5.74) is 2.54. The molecule has 0 aliphatic carbocycles. The van der Waals surface area contributed by atoms with Gasteiger partial charge in [-0.1, -0.05) is 32.8 Å². The molecule has 0 heterocycles. The molecule has 0 spiro atoms. The Bertz CT molecular complexity index is 459. The molecule has 0 fully saturated rings. The zero-order valence-corrected chi connectivity index (χ0v) is 13.1. The maximum absolute atomic E-state index is 9.95. The molecule has 1 aromatic carbocycles. The minimum Gasteiger partial charge on any atom is -0.389 e. The molecule has 0 saturated carbocycles. The van der Waals surface area contributed by atoms with E-state index in [1.54, 1.807) is 13.0 Å². The van der Waals surface area contributed by atoms with Gasteiger partial charge < -0.3 is 10.0 Å². The molecule has 3 heteroatoms. The third-order valence-corrected chi connectivity index (χ3v) is 3.97. The van der Waals surface area contributed by atoms with E-state index < -0.39 is 6.10 Å². The van der Waals surface area contributed by atoms with Gasteiger partial charge >= 0.3 is 0 Å². The van der Waals surface area contributed by atoms with Crippen LogP contribution in [0.1, 0.15) is 57.8 Å². The summed E-state index contributed by atoms with van der Waals surface area (Å²) >= 11 is 0. The highest BCUT2D eigenvalue weighted by Gasteiger charge is 2.17. The van der Waals surface area contributed by atoms with Crippen molar-refractivity contribution < 1.29 is 5.11 Å². The fourth-order valence-corrected chi connectivity index (χ4v) is 2.50. The lowest BCUT2D eigenvalue weighted by molar-refractivity contribution is 0.199. The van der Waals surface area contributed by atoms with E-state index in [2.05, 4.69) is 31.7 Å². The number of aliphatic hydroxyl groups is 1. The first-order valence-corrected chi connectivity index (χ1v) is 7.54. The second-order valence-electron chi connectivity index (χ2n) is 5.28. The van der Waals surface area contributed by atoms with Gasteiger partial charge in [0.15, 0.2) is 0 Å². The first-order chi connectivity index (χ1) is 9.57. The summed E-state index contributed by atoms with van der Waals surface area (Å²) in [5.74, 6) is 0.641. The van der Waals surface area contributed by atoms with Crippen molar-refractivity contribution in [1.29, 1.82) is 5.26 Å². The molecule has 0 bridgehead atoms. The largest absolute Gasteiger partial charge is 0.389 e. The van der Waals surface area contributed by atoms with Gasteiger partial charge in [0.25, 0.3) is 0 Å². The van der Waals surface area contributed by atoms with E-state index in [-0.39, 0.29) is 0 Å². The van der Waals surface area contributed by atoms with Crippen molar-refractivity contribution in [2.45, 2.75) is 46.6 Å². The molecule has 1 rings (SSSR count). The molecule has 20 heavy (non-hydrogen) atoms. The third-order valence-electron chi connectivity index (χ3n) is 3.97. The number of hydrogen-bond donors (Lipinski definition) is 1. The minimum absolute atomic E-state index is 0.520. The predicted molar refractivity (Wildman–Crippen MR) is 83.7 cm³/mol. The quantitative estimate of drug-likeness (QED) is 0.821. The molecular formula is C17H26N2O. The summed E-state index contributed by atoms with van der Waals surface area (Å²) < 4.78 is 0.